The zero-order valence-corrected chi connectivity index (χ0v) is 23.7. The molecular formula is C27H32F3N5O4S. The van der Waals surface area contributed by atoms with Crippen LogP contribution in [0.15, 0.2) is 59.6 Å². The minimum absolute atomic E-state index is 0.0217. The van der Waals surface area contributed by atoms with E-state index in [2.05, 4.69) is 21.7 Å². The number of nitrogens with zero attached hydrogens (tertiary/aromatic N) is 4. The first kappa shape index (κ1) is 29.4. The molecule has 216 valence electrons. The highest BCUT2D eigenvalue weighted by atomic mass is 32.2. The molecule has 1 aromatic carbocycles. The van der Waals surface area contributed by atoms with Crippen molar-refractivity contribution in [1.82, 2.24) is 19.5 Å². The van der Waals surface area contributed by atoms with Crippen molar-refractivity contribution in [3.8, 4) is 11.7 Å². The molecule has 13 heteroatoms. The van der Waals surface area contributed by atoms with Crippen molar-refractivity contribution in [3.05, 3.63) is 60.3 Å². The van der Waals surface area contributed by atoms with E-state index in [4.69, 9.17) is 4.74 Å². The highest BCUT2D eigenvalue weighted by Gasteiger charge is 2.48. The molecule has 1 fully saturated rings. The van der Waals surface area contributed by atoms with E-state index in [-0.39, 0.29) is 39.4 Å². The summed E-state index contributed by atoms with van der Waals surface area (Å²) in [5.41, 5.74) is -2.41. The van der Waals surface area contributed by atoms with Gasteiger partial charge in [0.1, 0.15) is 12.4 Å². The maximum absolute atomic E-state index is 13.3. The van der Waals surface area contributed by atoms with Gasteiger partial charge < -0.3 is 9.64 Å². The van der Waals surface area contributed by atoms with E-state index in [9.17, 15) is 26.4 Å². The van der Waals surface area contributed by atoms with Crippen molar-refractivity contribution in [2.45, 2.75) is 57.7 Å². The second kappa shape index (κ2) is 10.4. The number of carbonyl (C=O) groups excluding carboxylic acids is 1. The van der Waals surface area contributed by atoms with Crippen molar-refractivity contribution >= 4 is 21.7 Å². The van der Waals surface area contributed by atoms with Crippen molar-refractivity contribution in [3.63, 3.8) is 0 Å². The van der Waals surface area contributed by atoms with Gasteiger partial charge in [-0.25, -0.2) is 22.8 Å². The third-order valence-corrected chi connectivity index (χ3v) is 8.21. The van der Waals surface area contributed by atoms with Gasteiger partial charge in [-0.15, -0.1) is 5.10 Å². The van der Waals surface area contributed by atoms with Crippen LogP contribution in [-0.4, -0.2) is 54.0 Å². The molecule has 1 aliphatic heterocycles. The third-order valence-electron chi connectivity index (χ3n) is 6.86. The van der Waals surface area contributed by atoms with Gasteiger partial charge >= 0.3 is 6.18 Å². The standard InChI is InChI=1S/C27H32F3N5O4S/c1-18-15-26(4,5)34(16-18)23-20(24(36)33-40(37,38)19-9-7-6-8-10-19)11-12-21(31-23)35-14-13-22(32-35)39-17-25(2,3)27(28,29)30/h6-14,18H,15-17H2,1-5H3,(H,33,36)/t18-/m0/s1. The van der Waals surface area contributed by atoms with Crippen LogP contribution >= 0.6 is 0 Å². The van der Waals surface area contributed by atoms with Crippen molar-refractivity contribution in [2.75, 3.05) is 18.1 Å². The monoisotopic (exact) mass is 579 g/mol. The molecule has 4 rings (SSSR count). The van der Waals surface area contributed by atoms with Crippen LogP contribution < -0.4 is 14.4 Å². The number of sulfonamides is 1. The Labute approximate surface area is 231 Å². The Morgan fingerprint density at radius 3 is 2.40 bits per heavy atom. The van der Waals surface area contributed by atoms with Crippen LogP contribution in [-0.2, 0) is 10.0 Å². The Morgan fingerprint density at radius 2 is 1.80 bits per heavy atom. The van der Waals surface area contributed by atoms with E-state index >= 15 is 0 Å². The van der Waals surface area contributed by atoms with Gasteiger partial charge in [0.25, 0.3) is 15.9 Å². The van der Waals surface area contributed by atoms with Gasteiger partial charge in [0.15, 0.2) is 5.82 Å². The number of hydrogen-bond acceptors (Lipinski definition) is 7. The second-order valence-corrected chi connectivity index (χ2v) is 13.0. The molecule has 1 amide bonds. The number of halogens is 3. The lowest BCUT2D eigenvalue weighted by Crippen LogP contribution is -2.41. The number of alkyl halides is 3. The normalized spacial score (nSPS) is 17.6. The van der Waals surface area contributed by atoms with Crippen molar-refractivity contribution in [1.29, 1.82) is 0 Å². The summed E-state index contributed by atoms with van der Waals surface area (Å²) in [6.07, 6.45) is -2.15. The highest BCUT2D eigenvalue weighted by Crippen LogP contribution is 2.39. The lowest BCUT2D eigenvalue weighted by Gasteiger charge is -2.34. The minimum Gasteiger partial charge on any atom is -0.476 e. The molecular weight excluding hydrogens is 547 g/mol. The lowest BCUT2D eigenvalue weighted by molar-refractivity contribution is -0.219. The molecule has 40 heavy (non-hydrogen) atoms. The number of hydrogen-bond donors (Lipinski definition) is 1. The van der Waals surface area contributed by atoms with Crippen LogP contribution in [0, 0.1) is 11.3 Å². The molecule has 1 atom stereocenters. The number of carbonyl (C=O) groups is 1. The average Bonchev–Trinajstić information content (AvgIpc) is 3.45. The zero-order valence-electron chi connectivity index (χ0n) is 22.9. The Balaban J connectivity index is 1.67. The van der Waals surface area contributed by atoms with Crippen LogP contribution in [0.2, 0.25) is 0 Å². The van der Waals surface area contributed by atoms with E-state index in [1.54, 1.807) is 18.2 Å². The largest absolute Gasteiger partial charge is 0.476 e. The summed E-state index contributed by atoms with van der Waals surface area (Å²) in [5.74, 6) is -0.0358. The number of benzene rings is 1. The molecule has 2 aromatic heterocycles. The molecule has 9 nitrogen and oxygen atoms in total. The molecule has 1 N–H and O–H groups in total. The minimum atomic E-state index is -4.45. The van der Waals surface area contributed by atoms with Crippen molar-refractivity contribution < 1.29 is 31.1 Å². The summed E-state index contributed by atoms with van der Waals surface area (Å²) in [5, 5.41) is 4.21. The number of aromatic nitrogens is 3. The molecule has 0 saturated carbocycles. The van der Waals surface area contributed by atoms with Crippen LogP contribution in [0.4, 0.5) is 19.0 Å². The maximum Gasteiger partial charge on any atom is 0.397 e. The van der Waals surface area contributed by atoms with Gasteiger partial charge in [0.05, 0.1) is 15.9 Å². The van der Waals surface area contributed by atoms with Crippen LogP contribution in [0.5, 0.6) is 5.88 Å². The SMILES string of the molecule is C[C@@H]1CN(c2nc(-n3ccc(OCC(C)(C)C(F)(F)F)n3)ccc2C(=O)NS(=O)(=O)c2ccccc2)C(C)(C)C1. The first-order valence-electron chi connectivity index (χ1n) is 12.7. The van der Waals surface area contributed by atoms with Gasteiger partial charge in [-0.1, -0.05) is 25.1 Å². The van der Waals surface area contributed by atoms with E-state index in [1.165, 1.54) is 41.2 Å². The fraction of sp³-hybridized carbons (Fsp3) is 0.444. The number of anilines is 1. The second-order valence-electron chi connectivity index (χ2n) is 11.3. The Bertz CT molecular complexity index is 1490. The summed E-state index contributed by atoms with van der Waals surface area (Å²) < 4.78 is 74.1. The zero-order chi connectivity index (χ0) is 29.5. The number of ether oxygens (including phenoxy) is 1. The fourth-order valence-corrected chi connectivity index (χ4v) is 5.58. The molecule has 0 aliphatic carbocycles. The fourth-order valence-electron chi connectivity index (χ4n) is 4.59. The Kier molecular flexibility index (Phi) is 7.65. The van der Waals surface area contributed by atoms with Crippen LogP contribution in [0.1, 0.15) is 51.4 Å². The van der Waals surface area contributed by atoms with E-state index < -0.39 is 34.1 Å². The topological polar surface area (TPSA) is 106 Å². The molecule has 3 aromatic rings. The summed E-state index contributed by atoms with van der Waals surface area (Å²) in [7, 11) is -4.14. The van der Waals surface area contributed by atoms with Gasteiger partial charge in [-0.05, 0) is 64.3 Å². The maximum atomic E-state index is 13.3. The molecule has 0 unspecified atom stereocenters. The molecule has 3 heterocycles. The summed E-state index contributed by atoms with van der Waals surface area (Å²) in [6.45, 7) is 8.13. The predicted octanol–water partition coefficient (Wildman–Crippen LogP) is 4.98. The average molecular weight is 580 g/mol. The quantitative estimate of drug-likeness (QED) is 0.401. The van der Waals surface area contributed by atoms with Crippen LogP contribution in [0.25, 0.3) is 5.82 Å². The Hall–Kier alpha value is -3.61. The lowest BCUT2D eigenvalue weighted by atomic mass is 9.94. The number of nitrogens with one attached hydrogen (secondary N) is 1. The van der Waals surface area contributed by atoms with E-state index in [0.717, 1.165) is 20.3 Å². The highest BCUT2D eigenvalue weighted by molar-refractivity contribution is 7.90. The first-order valence-corrected chi connectivity index (χ1v) is 14.1. The third kappa shape index (κ3) is 6.08. The van der Waals surface area contributed by atoms with Crippen molar-refractivity contribution in [2.24, 2.45) is 11.3 Å². The van der Waals surface area contributed by atoms with Gasteiger partial charge in [0, 0.05) is 24.3 Å². The number of pyridine rings is 1. The molecule has 0 bridgehead atoms. The van der Waals surface area contributed by atoms with Crippen LogP contribution in [0.3, 0.4) is 0 Å². The number of amides is 1. The predicted molar refractivity (Wildman–Crippen MR) is 143 cm³/mol. The molecule has 1 aliphatic rings. The number of rotatable bonds is 8. The molecule has 1 saturated heterocycles. The Morgan fingerprint density at radius 1 is 1.12 bits per heavy atom. The summed E-state index contributed by atoms with van der Waals surface area (Å²) in [4.78, 5) is 19.9. The van der Waals surface area contributed by atoms with E-state index in [0.29, 0.717) is 6.54 Å². The summed E-state index contributed by atoms with van der Waals surface area (Å²) in [6, 6.07) is 11.9. The molecule has 0 spiro atoms. The molecule has 0 radical (unpaired) electrons. The van der Waals surface area contributed by atoms with Gasteiger partial charge in [-0.2, -0.15) is 13.2 Å². The van der Waals surface area contributed by atoms with E-state index in [1.807, 2.05) is 18.7 Å². The smallest absolute Gasteiger partial charge is 0.397 e. The summed E-state index contributed by atoms with van der Waals surface area (Å²) >= 11 is 0. The first-order chi connectivity index (χ1) is 18.5. The van der Waals surface area contributed by atoms with Gasteiger partial charge in [0.2, 0.25) is 5.88 Å². The van der Waals surface area contributed by atoms with Gasteiger partial charge in [-0.3, -0.25) is 4.79 Å².